The van der Waals surface area contributed by atoms with Crippen LogP contribution in [0.15, 0.2) is 24.5 Å². The summed E-state index contributed by atoms with van der Waals surface area (Å²) in [4.78, 5) is 26.6. The van der Waals surface area contributed by atoms with Gasteiger partial charge in [-0.25, -0.2) is 9.97 Å². The Morgan fingerprint density at radius 2 is 1.88 bits per heavy atom. The largest absolute Gasteiger partial charge is 0.387 e. The molecule has 6 nitrogen and oxygen atoms in total. The maximum Gasteiger partial charge on any atom is 0.226 e. The number of rotatable bonds is 3. The van der Waals surface area contributed by atoms with Gasteiger partial charge < -0.3 is 14.9 Å². The summed E-state index contributed by atoms with van der Waals surface area (Å²) in [6.07, 6.45) is 4.70. The molecule has 170 valence electrons. The van der Waals surface area contributed by atoms with Crippen molar-refractivity contribution < 1.29 is 9.90 Å². The molecule has 0 bridgehead atoms. The summed E-state index contributed by atoms with van der Waals surface area (Å²) in [5.41, 5.74) is 2.93. The number of halogens is 2. The fraction of sp³-hybridized carbons (Fsp3) is 0.542. The van der Waals surface area contributed by atoms with Gasteiger partial charge in [0.25, 0.3) is 0 Å². The Morgan fingerprint density at radius 3 is 2.62 bits per heavy atom. The molecule has 2 fully saturated rings. The Kier molecular flexibility index (Phi) is 6.03. The van der Waals surface area contributed by atoms with Gasteiger partial charge in [0.1, 0.15) is 12.1 Å². The van der Waals surface area contributed by atoms with E-state index in [1.54, 1.807) is 6.33 Å². The number of fused-ring (bicyclic) bond motifs is 1. The maximum atomic E-state index is 13.5. The Hall–Kier alpha value is -1.89. The second kappa shape index (κ2) is 8.81. The average molecular weight is 475 g/mol. The molecule has 2 heterocycles. The zero-order valence-electron chi connectivity index (χ0n) is 18.2. The molecule has 8 heteroatoms. The lowest BCUT2D eigenvalue weighted by atomic mass is 9.87. The molecule has 32 heavy (non-hydrogen) atoms. The quantitative estimate of drug-likeness (QED) is 0.705. The van der Waals surface area contributed by atoms with E-state index in [-0.39, 0.29) is 23.7 Å². The standard InChI is InChI=1S/C24H28Cl2N4O2/c1-14-11-20(31)22-21(14)23(28-13-27-22)29-7-9-30(10-8-29)24(32)17-4-2-3-16(17)15-5-6-18(25)19(26)12-15/h5-6,12-14,16-17,20,31H,2-4,7-11H2,1H3/t14-,16-,17?,20-/m1/s1. The second-order valence-corrected chi connectivity index (χ2v) is 10.1. The van der Waals surface area contributed by atoms with Crippen LogP contribution in [0.5, 0.6) is 0 Å². The summed E-state index contributed by atoms with van der Waals surface area (Å²) < 4.78 is 0. The summed E-state index contributed by atoms with van der Waals surface area (Å²) >= 11 is 12.3. The van der Waals surface area contributed by atoms with Gasteiger partial charge in [-0.1, -0.05) is 42.6 Å². The normalized spacial score (nSPS) is 27.6. The number of nitrogens with zero attached hydrogens (tertiary/aromatic N) is 4. The first-order valence-corrected chi connectivity index (χ1v) is 12.2. The molecule has 1 aromatic heterocycles. The van der Waals surface area contributed by atoms with Crippen molar-refractivity contribution >= 4 is 34.9 Å². The first-order chi connectivity index (χ1) is 15.4. The van der Waals surface area contributed by atoms with Gasteiger partial charge in [-0.2, -0.15) is 0 Å². The Labute approximate surface area is 198 Å². The predicted octanol–water partition coefficient (Wildman–Crippen LogP) is 4.56. The van der Waals surface area contributed by atoms with Crippen LogP contribution in [-0.4, -0.2) is 52.1 Å². The van der Waals surface area contributed by atoms with E-state index in [9.17, 15) is 9.90 Å². The maximum absolute atomic E-state index is 13.5. The highest BCUT2D eigenvalue weighted by atomic mass is 35.5. The molecular weight excluding hydrogens is 447 g/mol. The number of anilines is 1. The Bertz CT molecular complexity index is 1030. The van der Waals surface area contributed by atoms with Crippen molar-refractivity contribution in [2.45, 2.75) is 50.5 Å². The smallest absolute Gasteiger partial charge is 0.226 e. The molecular formula is C24H28Cl2N4O2. The fourth-order valence-corrected chi connectivity index (χ4v) is 6.03. The summed E-state index contributed by atoms with van der Waals surface area (Å²) in [5, 5.41) is 11.4. The molecule has 2 aliphatic carbocycles. The lowest BCUT2D eigenvalue weighted by Crippen LogP contribution is -2.51. The average Bonchev–Trinajstić information content (AvgIpc) is 3.40. The van der Waals surface area contributed by atoms with E-state index in [1.165, 1.54) is 0 Å². The van der Waals surface area contributed by atoms with Gasteiger partial charge in [0.05, 0.1) is 21.8 Å². The van der Waals surface area contributed by atoms with Crippen LogP contribution in [0.3, 0.4) is 0 Å². The van der Waals surface area contributed by atoms with Gasteiger partial charge in [0.15, 0.2) is 0 Å². The molecule has 1 saturated heterocycles. The van der Waals surface area contributed by atoms with Crippen LogP contribution >= 0.6 is 23.2 Å². The number of carbonyl (C=O) groups excluding carboxylic acids is 1. The molecule has 1 unspecified atom stereocenters. The van der Waals surface area contributed by atoms with E-state index in [2.05, 4.69) is 21.8 Å². The van der Waals surface area contributed by atoms with E-state index < -0.39 is 6.10 Å². The summed E-state index contributed by atoms with van der Waals surface area (Å²) in [6, 6.07) is 5.76. The minimum atomic E-state index is -0.509. The van der Waals surface area contributed by atoms with Crippen molar-refractivity contribution in [1.29, 1.82) is 0 Å². The third kappa shape index (κ3) is 3.87. The molecule has 1 aliphatic heterocycles. The number of hydrogen-bond acceptors (Lipinski definition) is 5. The van der Waals surface area contributed by atoms with Gasteiger partial charge in [0, 0.05) is 37.7 Å². The van der Waals surface area contributed by atoms with Crippen molar-refractivity contribution in [1.82, 2.24) is 14.9 Å². The SMILES string of the molecule is C[C@@H]1C[C@@H](O)c2ncnc(N3CCN(C(=O)C4CCC[C@@H]4c4ccc(Cl)c(Cl)c4)CC3)c21. The molecule has 2 aromatic rings. The van der Waals surface area contributed by atoms with Crippen LogP contribution in [0, 0.1) is 5.92 Å². The van der Waals surface area contributed by atoms with Gasteiger partial charge in [0.2, 0.25) is 5.91 Å². The molecule has 0 spiro atoms. The van der Waals surface area contributed by atoms with E-state index in [1.807, 2.05) is 23.1 Å². The van der Waals surface area contributed by atoms with Crippen molar-refractivity contribution in [2.75, 3.05) is 31.1 Å². The number of aliphatic hydroxyl groups excluding tert-OH is 1. The Balaban J connectivity index is 1.28. The molecule has 1 aromatic carbocycles. The summed E-state index contributed by atoms with van der Waals surface area (Å²) in [6.45, 7) is 4.95. The summed E-state index contributed by atoms with van der Waals surface area (Å²) in [5.74, 6) is 1.59. The molecule has 5 rings (SSSR count). The highest BCUT2D eigenvalue weighted by Gasteiger charge is 2.38. The number of carbonyl (C=O) groups is 1. The molecule has 1 amide bonds. The number of benzene rings is 1. The lowest BCUT2D eigenvalue weighted by molar-refractivity contribution is -0.136. The zero-order valence-corrected chi connectivity index (χ0v) is 19.7. The van der Waals surface area contributed by atoms with Crippen LogP contribution in [0.2, 0.25) is 10.0 Å². The van der Waals surface area contributed by atoms with Crippen LogP contribution in [0.1, 0.15) is 67.4 Å². The van der Waals surface area contributed by atoms with Gasteiger partial charge in [-0.15, -0.1) is 0 Å². The second-order valence-electron chi connectivity index (χ2n) is 9.28. The van der Waals surface area contributed by atoms with Gasteiger partial charge in [-0.05, 0) is 48.8 Å². The number of aromatic nitrogens is 2. The van der Waals surface area contributed by atoms with Gasteiger partial charge in [-0.3, -0.25) is 4.79 Å². The number of amides is 1. The highest BCUT2D eigenvalue weighted by Crippen LogP contribution is 2.44. The van der Waals surface area contributed by atoms with E-state index in [0.29, 0.717) is 29.6 Å². The molecule has 4 atom stereocenters. The molecule has 3 aliphatic rings. The van der Waals surface area contributed by atoms with Gasteiger partial charge >= 0.3 is 0 Å². The van der Waals surface area contributed by atoms with Crippen LogP contribution in [0.25, 0.3) is 0 Å². The first kappa shape index (κ1) is 21.9. The van der Waals surface area contributed by atoms with Crippen molar-refractivity contribution in [3.05, 3.63) is 51.4 Å². The molecule has 1 N–H and O–H groups in total. The van der Waals surface area contributed by atoms with Crippen LogP contribution in [0.4, 0.5) is 5.82 Å². The van der Waals surface area contributed by atoms with E-state index >= 15 is 0 Å². The minimum absolute atomic E-state index is 0.00254. The minimum Gasteiger partial charge on any atom is -0.387 e. The molecule has 0 radical (unpaired) electrons. The lowest BCUT2D eigenvalue weighted by Gasteiger charge is -2.38. The van der Waals surface area contributed by atoms with Crippen LogP contribution < -0.4 is 4.90 Å². The molecule has 1 saturated carbocycles. The van der Waals surface area contributed by atoms with Crippen LogP contribution in [-0.2, 0) is 4.79 Å². The first-order valence-electron chi connectivity index (χ1n) is 11.5. The zero-order chi connectivity index (χ0) is 22.4. The predicted molar refractivity (Wildman–Crippen MR) is 125 cm³/mol. The highest BCUT2D eigenvalue weighted by molar-refractivity contribution is 6.42. The number of hydrogen-bond donors (Lipinski definition) is 1. The van der Waals surface area contributed by atoms with E-state index in [0.717, 1.165) is 55.0 Å². The fourth-order valence-electron chi connectivity index (χ4n) is 5.72. The topological polar surface area (TPSA) is 69.6 Å². The summed E-state index contributed by atoms with van der Waals surface area (Å²) in [7, 11) is 0. The van der Waals surface area contributed by atoms with E-state index in [4.69, 9.17) is 23.2 Å². The van der Waals surface area contributed by atoms with Crippen molar-refractivity contribution in [2.24, 2.45) is 5.92 Å². The number of piperazine rings is 1. The third-order valence-electron chi connectivity index (χ3n) is 7.37. The monoisotopic (exact) mass is 474 g/mol. The van der Waals surface area contributed by atoms with Crippen molar-refractivity contribution in [3.8, 4) is 0 Å². The third-order valence-corrected chi connectivity index (χ3v) is 8.11. The Morgan fingerprint density at radius 1 is 1.09 bits per heavy atom. The number of aliphatic hydroxyl groups is 1. The van der Waals surface area contributed by atoms with Crippen molar-refractivity contribution in [3.63, 3.8) is 0 Å².